The first kappa shape index (κ1) is 15.8. The minimum absolute atomic E-state index is 0.292. The van der Waals surface area contributed by atoms with Gasteiger partial charge in [0, 0.05) is 12.0 Å². The van der Waals surface area contributed by atoms with Crippen molar-refractivity contribution >= 4 is 17.7 Å². The van der Waals surface area contributed by atoms with Crippen molar-refractivity contribution in [3.05, 3.63) is 35.4 Å². The smallest absolute Gasteiger partial charge is 0.320 e. The maximum Gasteiger partial charge on any atom is 0.320 e. The van der Waals surface area contributed by atoms with Gasteiger partial charge in [0.25, 0.3) is 0 Å². The van der Waals surface area contributed by atoms with E-state index in [-0.39, 0.29) is 6.42 Å². The molecule has 0 atom stereocenters. The molecule has 0 unspecified atom stereocenters. The predicted molar refractivity (Wildman–Crippen MR) is 67.7 cm³/mol. The van der Waals surface area contributed by atoms with E-state index >= 15 is 0 Å². The SMILES string of the molecule is COC(=O)C(CC(=O)c1ccc(CF)cc1)C(=O)OC. The second-order valence-electron chi connectivity index (χ2n) is 4.06. The topological polar surface area (TPSA) is 69.7 Å². The Morgan fingerprint density at radius 1 is 1.05 bits per heavy atom. The standard InChI is InChI=1S/C14H15FO5/c1-19-13(17)11(14(18)20-2)7-12(16)10-5-3-9(8-15)4-6-10/h3-6,11H,7-8H2,1-2H3. The zero-order chi connectivity index (χ0) is 15.1. The summed E-state index contributed by atoms with van der Waals surface area (Å²) >= 11 is 0. The summed E-state index contributed by atoms with van der Waals surface area (Å²) in [6.45, 7) is -0.624. The highest BCUT2D eigenvalue weighted by molar-refractivity contribution is 6.04. The maximum atomic E-state index is 12.4. The molecule has 0 N–H and O–H groups in total. The lowest BCUT2D eigenvalue weighted by Gasteiger charge is -2.11. The number of alkyl halides is 1. The molecule has 0 saturated heterocycles. The Balaban J connectivity index is 2.84. The van der Waals surface area contributed by atoms with Crippen molar-refractivity contribution in [1.82, 2.24) is 0 Å². The number of hydrogen-bond donors (Lipinski definition) is 0. The van der Waals surface area contributed by atoms with Gasteiger partial charge in [-0.1, -0.05) is 24.3 Å². The van der Waals surface area contributed by atoms with Gasteiger partial charge in [-0.2, -0.15) is 0 Å². The molecular formula is C14H15FO5. The van der Waals surface area contributed by atoms with Gasteiger partial charge in [0.2, 0.25) is 0 Å². The first-order valence-electron chi connectivity index (χ1n) is 5.87. The molecule has 0 aliphatic heterocycles. The van der Waals surface area contributed by atoms with Crippen molar-refractivity contribution in [2.45, 2.75) is 13.1 Å². The first-order valence-corrected chi connectivity index (χ1v) is 5.87. The quantitative estimate of drug-likeness (QED) is 0.451. The third-order valence-corrected chi connectivity index (χ3v) is 2.79. The molecule has 0 spiro atoms. The van der Waals surface area contributed by atoms with E-state index in [1.165, 1.54) is 24.3 Å². The van der Waals surface area contributed by atoms with E-state index in [2.05, 4.69) is 9.47 Å². The summed E-state index contributed by atoms with van der Waals surface area (Å²) in [5, 5.41) is 0. The molecular weight excluding hydrogens is 267 g/mol. The molecule has 6 heteroatoms. The van der Waals surface area contributed by atoms with Crippen molar-refractivity contribution in [2.24, 2.45) is 5.92 Å². The largest absolute Gasteiger partial charge is 0.468 e. The minimum atomic E-state index is -1.29. The molecule has 0 aromatic heterocycles. The third-order valence-electron chi connectivity index (χ3n) is 2.79. The minimum Gasteiger partial charge on any atom is -0.468 e. The van der Waals surface area contributed by atoms with E-state index in [4.69, 9.17) is 0 Å². The van der Waals surface area contributed by atoms with Gasteiger partial charge < -0.3 is 9.47 Å². The Morgan fingerprint density at radius 3 is 1.95 bits per heavy atom. The monoisotopic (exact) mass is 282 g/mol. The molecule has 1 aromatic carbocycles. The molecule has 0 heterocycles. The number of hydrogen-bond acceptors (Lipinski definition) is 5. The number of carbonyl (C=O) groups excluding carboxylic acids is 3. The van der Waals surface area contributed by atoms with E-state index in [9.17, 15) is 18.8 Å². The van der Waals surface area contributed by atoms with Crippen LogP contribution in [0.4, 0.5) is 4.39 Å². The van der Waals surface area contributed by atoms with E-state index in [1.807, 2.05) is 0 Å². The molecule has 1 aromatic rings. The first-order chi connectivity index (χ1) is 9.53. The van der Waals surface area contributed by atoms with Crippen molar-refractivity contribution in [2.75, 3.05) is 14.2 Å². The van der Waals surface area contributed by atoms with Gasteiger partial charge in [-0.3, -0.25) is 14.4 Å². The molecule has 20 heavy (non-hydrogen) atoms. The predicted octanol–water partition coefficient (Wildman–Crippen LogP) is 1.69. The fourth-order valence-electron chi connectivity index (χ4n) is 1.63. The number of carbonyl (C=O) groups is 3. The summed E-state index contributed by atoms with van der Waals surface area (Å²) in [4.78, 5) is 34.9. The Labute approximate surface area is 115 Å². The van der Waals surface area contributed by atoms with Gasteiger partial charge in [-0.05, 0) is 5.56 Å². The number of ketones is 1. The van der Waals surface area contributed by atoms with E-state index in [1.54, 1.807) is 0 Å². The van der Waals surface area contributed by atoms with Crippen LogP contribution in [0.3, 0.4) is 0 Å². The van der Waals surface area contributed by atoms with Crippen LogP contribution in [0.1, 0.15) is 22.3 Å². The van der Waals surface area contributed by atoms with Crippen LogP contribution < -0.4 is 0 Å². The average Bonchev–Trinajstić information content (AvgIpc) is 2.50. The summed E-state index contributed by atoms with van der Waals surface area (Å²) in [6, 6.07) is 5.84. The average molecular weight is 282 g/mol. The fraction of sp³-hybridized carbons (Fsp3) is 0.357. The molecule has 0 bridgehead atoms. The van der Waals surface area contributed by atoms with Gasteiger partial charge in [0.15, 0.2) is 11.7 Å². The normalized spacial score (nSPS) is 10.2. The maximum absolute atomic E-state index is 12.4. The van der Waals surface area contributed by atoms with Gasteiger partial charge in [-0.15, -0.1) is 0 Å². The van der Waals surface area contributed by atoms with Crippen LogP contribution in [-0.2, 0) is 25.7 Å². The second-order valence-corrected chi connectivity index (χ2v) is 4.06. The number of Topliss-reactive ketones (excluding diaryl/α,β-unsaturated/α-hetero) is 1. The number of esters is 2. The third kappa shape index (κ3) is 3.88. The number of halogens is 1. The summed E-state index contributed by atoms with van der Waals surface area (Å²) in [7, 11) is 2.25. The zero-order valence-electron chi connectivity index (χ0n) is 11.2. The van der Waals surface area contributed by atoms with E-state index in [0.29, 0.717) is 11.1 Å². The molecule has 1 rings (SSSR count). The molecule has 0 fully saturated rings. The highest BCUT2D eigenvalue weighted by atomic mass is 19.1. The lowest BCUT2D eigenvalue weighted by molar-refractivity contribution is -0.158. The van der Waals surface area contributed by atoms with Gasteiger partial charge in [0.05, 0.1) is 14.2 Å². The van der Waals surface area contributed by atoms with Crippen LogP contribution in [0.2, 0.25) is 0 Å². The van der Waals surface area contributed by atoms with Gasteiger partial charge >= 0.3 is 11.9 Å². The number of benzene rings is 1. The molecule has 0 amide bonds. The number of rotatable bonds is 6. The molecule has 0 radical (unpaired) electrons. The number of ether oxygens (including phenoxy) is 2. The summed E-state index contributed by atoms with van der Waals surface area (Å²) < 4.78 is 21.3. The van der Waals surface area contributed by atoms with Crippen LogP contribution in [-0.4, -0.2) is 31.9 Å². The van der Waals surface area contributed by atoms with Crippen molar-refractivity contribution in [1.29, 1.82) is 0 Å². The Morgan fingerprint density at radius 2 is 1.55 bits per heavy atom. The molecule has 0 saturated carbocycles. The number of methoxy groups -OCH3 is 2. The lowest BCUT2D eigenvalue weighted by atomic mass is 9.97. The van der Waals surface area contributed by atoms with Crippen LogP contribution in [0.15, 0.2) is 24.3 Å². The summed E-state index contributed by atoms with van der Waals surface area (Å²) in [5.74, 6) is -3.37. The van der Waals surface area contributed by atoms with Crippen LogP contribution >= 0.6 is 0 Å². The van der Waals surface area contributed by atoms with Crippen molar-refractivity contribution in [3.63, 3.8) is 0 Å². The Kier molecular flexibility index (Phi) is 5.83. The highest BCUT2D eigenvalue weighted by Crippen LogP contribution is 2.14. The molecule has 108 valence electrons. The molecule has 5 nitrogen and oxygen atoms in total. The van der Waals surface area contributed by atoms with Crippen LogP contribution in [0, 0.1) is 5.92 Å². The Hall–Kier alpha value is -2.24. The van der Waals surface area contributed by atoms with Crippen LogP contribution in [0.25, 0.3) is 0 Å². The molecule has 0 aliphatic carbocycles. The van der Waals surface area contributed by atoms with Crippen molar-refractivity contribution < 1.29 is 28.2 Å². The molecule has 0 aliphatic rings. The highest BCUT2D eigenvalue weighted by Gasteiger charge is 2.31. The Bertz CT molecular complexity index is 479. The van der Waals surface area contributed by atoms with E-state index < -0.39 is 30.3 Å². The van der Waals surface area contributed by atoms with Gasteiger partial charge in [0.1, 0.15) is 6.67 Å². The van der Waals surface area contributed by atoms with Crippen molar-refractivity contribution in [3.8, 4) is 0 Å². The fourth-order valence-corrected chi connectivity index (χ4v) is 1.63. The van der Waals surface area contributed by atoms with Crippen LogP contribution in [0.5, 0.6) is 0 Å². The zero-order valence-corrected chi connectivity index (χ0v) is 11.2. The summed E-state index contributed by atoms with van der Waals surface area (Å²) in [6.07, 6.45) is -0.353. The van der Waals surface area contributed by atoms with Gasteiger partial charge in [-0.25, -0.2) is 4.39 Å². The lowest BCUT2D eigenvalue weighted by Crippen LogP contribution is -2.28. The van der Waals surface area contributed by atoms with E-state index in [0.717, 1.165) is 14.2 Å². The second kappa shape index (κ2) is 7.37. The summed E-state index contributed by atoms with van der Waals surface area (Å²) in [5.41, 5.74) is 0.735.